The largest absolute Gasteiger partial charge is 0.299 e. The van der Waals surface area contributed by atoms with E-state index in [1.54, 1.807) is 0 Å². The van der Waals surface area contributed by atoms with Crippen LogP contribution in [0.25, 0.3) is 11.0 Å². The van der Waals surface area contributed by atoms with Crippen LogP contribution in [0.1, 0.15) is 32.2 Å². The Bertz CT molecular complexity index is 597. The lowest BCUT2D eigenvalue weighted by atomic mass is 9.88. The van der Waals surface area contributed by atoms with Crippen LogP contribution in [0.3, 0.4) is 0 Å². The maximum Gasteiger partial charge on any atom is 0.144 e. The number of carbonyl (C=O) groups is 1. The fraction of sp³-hybridized carbons (Fsp3) is 0.400. The zero-order valence-electron chi connectivity index (χ0n) is 11.3. The highest BCUT2D eigenvalue weighted by Crippen LogP contribution is 2.19. The molecule has 2 aromatic rings. The Balaban J connectivity index is 2.40. The second-order valence-corrected chi connectivity index (χ2v) is 5.59. The van der Waals surface area contributed by atoms with Gasteiger partial charge in [0.05, 0.1) is 28.8 Å². The SMILES string of the molecule is Cc1nc2ccccc2nc1CC(=O)C(C)(C)C. The molecule has 18 heavy (non-hydrogen) atoms. The first-order chi connectivity index (χ1) is 8.38. The average molecular weight is 242 g/mol. The minimum Gasteiger partial charge on any atom is -0.299 e. The monoisotopic (exact) mass is 242 g/mol. The van der Waals surface area contributed by atoms with E-state index in [0.717, 1.165) is 22.4 Å². The second kappa shape index (κ2) is 4.48. The molecule has 0 aliphatic carbocycles. The van der Waals surface area contributed by atoms with E-state index in [0.29, 0.717) is 6.42 Å². The van der Waals surface area contributed by atoms with Crippen LogP contribution >= 0.6 is 0 Å². The van der Waals surface area contributed by atoms with Crippen molar-refractivity contribution in [2.45, 2.75) is 34.1 Å². The van der Waals surface area contributed by atoms with Gasteiger partial charge in [-0.3, -0.25) is 4.79 Å². The van der Waals surface area contributed by atoms with Crippen molar-refractivity contribution in [3.63, 3.8) is 0 Å². The maximum absolute atomic E-state index is 12.1. The normalized spacial score (nSPS) is 11.8. The van der Waals surface area contributed by atoms with E-state index in [-0.39, 0.29) is 11.2 Å². The van der Waals surface area contributed by atoms with E-state index >= 15 is 0 Å². The maximum atomic E-state index is 12.1. The zero-order valence-corrected chi connectivity index (χ0v) is 11.3. The molecule has 1 aromatic heterocycles. The smallest absolute Gasteiger partial charge is 0.144 e. The highest BCUT2D eigenvalue weighted by Gasteiger charge is 2.22. The van der Waals surface area contributed by atoms with E-state index in [1.165, 1.54) is 0 Å². The lowest BCUT2D eigenvalue weighted by Crippen LogP contribution is -2.23. The molecule has 2 rings (SSSR count). The van der Waals surface area contributed by atoms with Crippen molar-refractivity contribution in [2.75, 3.05) is 0 Å². The number of nitrogens with zero attached hydrogens (tertiary/aromatic N) is 2. The number of para-hydroxylation sites is 2. The molecule has 0 bridgehead atoms. The number of hydrogen-bond donors (Lipinski definition) is 0. The molecule has 0 saturated heterocycles. The third-order valence-electron chi connectivity index (χ3n) is 3.01. The Morgan fingerprint density at radius 1 is 1.11 bits per heavy atom. The molecular formula is C15H18N2O. The summed E-state index contributed by atoms with van der Waals surface area (Å²) in [6.45, 7) is 7.70. The van der Waals surface area contributed by atoms with Crippen molar-refractivity contribution in [1.29, 1.82) is 0 Å². The molecule has 0 aliphatic heterocycles. The van der Waals surface area contributed by atoms with Gasteiger partial charge in [-0.2, -0.15) is 0 Å². The first-order valence-corrected chi connectivity index (χ1v) is 6.13. The lowest BCUT2D eigenvalue weighted by Gasteiger charge is -2.16. The van der Waals surface area contributed by atoms with Gasteiger partial charge in [-0.15, -0.1) is 0 Å². The van der Waals surface area contributed by atoms with Gasteiger partial charge in [0.1, 0.15) is 5.78 Å². The third-order valence-corrected chi connectivity index (χ3v) is 3.01. The summed E-state index contributed by atoms with van der Waals surface area (Å²) < 4.78 is 0. The van der Waals surface area contributed by atoms with Crippen molar-refractivity contribution in [3.05, 3.63) is 35.7 Å². The molecule has 1 heterocycles. The number of fused-ring (bicyclic) bond motifs is 1. The van der Waals surface area contributed by atoms with Crippen LogP contribution in [0, 0.1) is 12.3 Å². The minimum absolute atomic E-state index is 0.190. The number of Topliss-reactive ketones (excluding diaryl/α,β-unsaturated/α-hetero) is 1. The van der Waals surface area contributed by atoms with Crippen LogP contribution in [0.15, 0.2) is 24.3 Å². The van der Waals surface area contributed by atoms with Crippen LogP contribution < -0.4 is 0 Å². The summed E-state index contributed by atoms with van der Waals surface area (Å²) in [5.74, 6) is 0.190. The topological polar surface area (TPSA) is 42.9 Å². The van der Waals surface area contributed by atoms with Crippen molar-refractivity contribution in [3.8, 4) is 0 Å². The molecule has 3 nitrogen and oxygen atoms in total. The quantitative estimate of drug-likeness (QED) is 0.812. The average Bonchev–Trinajstić information content (AvgIpc) is 2.28. The van der Waals surface area contributed by atoms with E-state index in [1.807, 2.05) is 52.0 Å². The number of ketones is 1. The van der Waals surface area contributed by atoms with Gasteiger partial charge in [-0.25, -0.2) is 9.97 Å². The zero-order chi connectivity index (χ0) is 13.3. The molecule has 0 spiro atoms. The van der Waals surface area contributed by atoms with E-state index in [4.69, 9.17) is 0 Å². The van der Waals surface area contributed by atoms with Crippen molar-refractivity contribution >= 4 is 16.8 Å². The number of benzene rings is 1. The summed E-state index contributed by atoms with van der Waals surface area (Å²) in [7, 11) is 0. The molecule has 0 fully saturated rings. The fourth-order valence-corrected chi connectivity index (χ4v) is 1.71. The van der Waals surface area contributed by atoms with Gasteiger partial charge >= 0.3 is 0 Å². The molecule has 94 valence electrons. The van der Waals surface area contributed by atoms with Gasteiger partial charge in [0, 0.05) is 5.41 Å². The van der Waals surface area contributed by atoms with Crippen molar-refractivity contribution < 1.29 is 4.79 Å². The Morgan fingerprint density at radius 3 is 2.22 bits per heavy atom. The van der Waals surface area contributed by atoms with Crippen molar-refractivity contribution in [2.24, 2.45) is 5.41 Å². The molecule has 1 aromatic carbocycles. The minimum atomic E-state index is -0.334. The summed E-state index contributed by atoms with van der Waals surface area (Å²) in [5.41, 5.74) is 3.02. The van der Waals surface area contributed by atoms with Crippen LogP contribution in [0.2, 0.25) is 0 Å². The molecule has 0 aliphatic rings. The Morgan fingerprint density at radius 2 is 1.67 bits per heavy atom. The highest BCUT2D eigenvalue weighted by atomic mass is 16.1. The molecule has 3 heteroatoms. The first-order valence-electron chi connectivity index (χ1n) is 6.13. The molecule has 0 saturated carbocycles. The Kier molecular flexibility index (Phi) is 3.16. The van der Waals surface area contributed by atoms with E-state index in [2.05, 4.69) is 9.97 Å². The predicted octanol–water partition coefficient (Wildman–Crippen LogP) is 3.10. The third kappa shape index (κ3) is 2.55. The van der Waals surface area contributed by atoms with Crippen LogP contribution in [0.5, 0.6) is 0 Å². The number of rotatable bonds is 2. The fourth-order valence-electron chi connectivity index (χ4n) is 1.71. The number of hydrogen-bond acceptors (Lipinski definition) is 3. The Hall–Kier alpha value is -1.77. The number of carbonyl (C=O) groups excluding carboxylic acids is 1. The van der Waals surface area contributed by atoms with Gasteiger partial charge < -0.3 is 0 Å². The molecule has 0 atom stereocenters. The number of aryl methyl sites for hydroxylation is 1. The lowest BCUT2D eigenvalue weighted by molar-refractivity contribution is -0.125. The first kappa shape index (κ1) is 12.7. The predicted molar refractivity (Wildman–Crippen MR) is 72.4 cm³/mol. The standard InChI is InChI=1S/C15H18N2O/c1-10-13(9-14(18)15(2,3)4)17-12-8-6-5-7-11(12)16-10/h5-8H,9H2,1-4H3. The number of aromatic nitrogens is 2. The van der Waals surface area contributed by atoms with Crippen LogP contribution in [0.4, 0.5) is 0 Å². The van der Waals surface area contributed by atoms with Crippen LogP contribution in [-0.4, -0.2) is 15.8 Å². The second-order valence-electron chi connectivity index (χ2n) is 5.59. The van der Waals surface area contributed by atoms with Gasteiger partial charge in [-0.05, 0) is 19.1 Å². The van der Waals surface area contributed by atoms with Gasteiger partial charge in [0.25, 0.3) is 0 Å². The molecular weight excluding hydrogens is 224 g/mol. The van der Waals surface area contributed by atoms with Gasteiger partial charge in [-0.1, -0.05) is 32.9 Å². The molecule has 0 unspecified atom stereocenters. The van der Waals surface area contributed by atoms with Crippen LogP contribution in [-0.2, 0) is 11.2 Å². The molecule has 0 amide bonds. The summed E-state index contributed by atoms with van der Waals surface area (Å²) >= 11 is 0. The summed E-state index contributed by atoms with van der Waals surface area (Å²) in [5, 5.41) is 0. The highest BCUT2D eigenvalue weighted by molar-refractivity contribution is 5.86. The van der Waals surface area contributed by atoms with Gasteiger partial charge in [0.15, 0.2) is 0 Å². The summed E-state index contributed by atoms with van der Waals surface area (Å²) in [6.07, 6.45) is 0.354. The molecule has 0 radical (unpaired) electrons. The van der Waals surface area contributed by atoms with Gasteiger partial charge in [0.2, 0.25) is 0 Å². The van der Waals surface area contributed by atoms with E-state index in [9.17, 15) is 4.79 Å². The Labute approximate surface area is 107 Å². The molecule has 0 N–H and O–H groups in total. The van der Waals surface area contributed by atoms with Crippen molar-refractivity contribution in [1.82, 2.24) is 9.97 Å². The summed E-state index contributed by atoms with van der Waals surface area (Å²) in [6, 6.07) is 7.73. The van der Waals surface area contributed by atoms with E-state index < -0.39 is 0 Å². The summed E-state index contributed by atoms with van der Waals surface area (Å²) in [4.78, 5) is 21.1.